The van der Waals surface area contributed by atoms with Crippen molar-refractivity contribution >= 4 is 17.8 Å². The Bertz CT molecular complexity index is 816. The van der Waals surface area contributed by atoms with Crippen molar-refractivity contribution in [2.75, 3.05) is 26.7 Å². The molecule has 9 heteroatoms. The molecular weight excluding hydrogens is 401 g/mol. The minimum absolute atomic E-state index is 0.0198. The zero-order valence-electron chi connectivity index (χ0n) is 18.7. The first-order valence-corrected chi connectivity index (χ1v) is 10.9. The molecule has 1 N–H and O–H groups in total. The van der Waals surface area contributed by atoms with Crippen LogP contribution in [-0.2, 0) is 16.1 Å². The first-order chi connectivity index (χ1) is 14.7. The van der Waals surface area contributed by atoms with Crippen molar-refractivity contribution in [2.24, 2.45) is 5.92 Å². The van der Waals surface area contributed by atoms with E-state index < -0.39 is 12.2 Å². The van der Waals surface area contributed by atoms with Crippen LogP contribution in [0.1, 0.15) is 39.2 Å². The number of benzene rings is 1. The van der Waals surface area contributed by atoms with Crippen molar-refractivity contribution in [3.05, 3.63) is 35.6 Å². The van der Waals surface area contributed by atoms with Crippen LogP contribution < -0.4 is 5.32 Å². The molecule has 0 unspecified atom stereocenters. The molecule has 0 bridgehead atoms. The van der Waals surface area contributed by atoms with E-state index in [9.17, 15) is 18.8 Å². The van der Waals surface area contributed by atoms with Gasteiger partial charge in [0, 0.05) is 20.1 Å². The fourth-order valence-electron chi connectivity index (χ4n) is 4.27. The molecule has 0 aromatic heterocycles. The molecule has 0 spiro atoms. The summed E-state index contributed by atoms with van der Waals surface area (Å²) in [5.41, 5.74) is 0.769. The van der Waals surface area contributed by atoms with Crippen LogP contribution in [-0.4, -0.2) is 76.6 Å². The van der Waals surface area contributed by atoms with Gasteiger partial charge in [0.05, 0.1) is 13.1 Å². The lowest BCUT2D eigenvalue weighted by Gasteiger charge is -2.55. The van der Waals surface area contributed by atoms with Gasteiger partial charge in [0.25, 0.3) is 0 Å². The second-order valence-corrected chi connectivity index (χ2v) is 8.55. The molecule has 8 nitrogen and oxygen atoms in total. The lowest BCUT2D eigenvalue weighted by atomic mass is 9.96. The number of rotatable bonds is 6. The van der Waals surface area contributed by atoms with Gasteiger partial charge in [-0.15, -0.1) is 0 Å². The van der Waals surface area contributed by atoms with Gasteiger partial charge in [-0.25, -0.2) is 19.2 Å². The Labute approximate surface area is 182 Å². The first-order valence-electron chi connectivity index (χ1n) is 10.9. The Morgan fingerprint density at radius 3 is 2.52 bits per heavy atom. The van der Waals surface area contributed by atoms with E-state index in [2.05, 4.69) is 12.2 Å². The molecule has 0 radical (unpaired) electrons. The Morgan fingerprint density at radius 2 is 1.90 bits per heavy atom. The number of amides is 4. The predicted octanol–water partition coefficient (Wildman–Crippen LogP) is 2.02. The second-order valence-electron chi connectivity index (χ2n) is 8.55. The number of piperazine rings is 1. The van der Waals surface area contributed by atoms with E-state index >= 15 is 0 Å². The summed E-state index contributed by atoms with van der Waals surface area (Å²) >= 11 is 0. The van der Waals surface area contributed by atoms with E-state index in [1.165, 1.54) is 17.1 Å². The van der Waals surface area contributed by atoms with Crippen LogP contribution in [0.3, 0.4) is 0 Å². The summed E-state index contributed by atoms with van der Waals surface area (Å²) in [4.78, 5) is 42.6. The van der Waals surface area contributed by atoms with E-state index in [0.717, 1.165) is 18.4 Å². The maximum absolute atomic E-state index is 13.1. The summed E-state index contributed by atoms with van der Waals surface area (Å²) in [5.74, 6) is -0.615. The summed E-state index contributed by atoms with van der Waals surface area (Å²) in [5, 5.41) is 6.00. The second kappa shape index (κ2) is 9.64. The van der Waals surface area contributed by atoms with Gasteiger partial charge in [0.2, 0.25) is 11.8 Å². The number of nitrogens with zero attached hydrogens (tertiary/aromatic N) is 4. The van der Waals surface area contributed by atoms with Crippen LogP contribution >= 0.6 is 0 Å². The van der Waals surface area contributed by atoms with Crippen LogP contribution in [0.25, 0.3) is 0 Å². The number of urea groups is 1. The monoisotopic (exact) mass is 433 g/mol. The summed E-state index contributed by atoms with van der Waals surface area (Å²) in [6, 6.07) is 4.98. The number of unbranched alkanes of at least 4 members (excludes halogenated alkanes) is 1. The minimum Gasteiger partial charge on any atom is -0.337 e. The van der Waals surface area contributed by atoms with E-state index in [1.807, 2.05) is 13.8 Å². The van der Waals surface area contributed by atoms with Gasteiger partial charge in [-0.05, 0) is 30.0 Å². The zero-order chi connectivity index (χ0) is 22.7. The summed E-state index contributed by atoms with van der Waals surface area (Å²) < 4.78 is 13.1. The molecular formula is C22H32FN5O3. The molecule has 0 aliphatic carbocycles. The van der Waals surface area contributed by atoms with E-state index in [0.29, 0.717) is 6.54 Å². The number of fused-ring (bicyclic) bond motifs is 1. The van der Waals surface area contributed by atoms with Gasteiger partial charge in [-0.1, -0.05) is 39.3 Å². The highest BCUT2D eigenvalue weighted by atomic mass is 19.1. The number of carbonyl (C=O) groups is 3. The molecule has 170 valence electrons. The summed E-state index contributed by atoms with van der Waals surface area (Å²) in [7, 11) is 1.70. The predicted molar refractivity (Wildman–Crippen MR) is 114 cm³/mol. The van der Waals surface area contributed by atoms with Crippen LogP contribution in [0.2, 0.25) is 0 Å². The SMILES string of the molecule is CCCCN1C[C@H]2N(C(=O)CN(C)N2C(=O)NCc2ccc(F)cc2)[C@@H](C(C)C)C1=O. The molecule has 2 saturated heterocycles. The Balaban J connectivity index is 1.83. The maximum atomic E-state index is 13.1. The summed E-state index contributed by atoms with van der Waals surface area (Å²) in [6.07, 6.45) is 1.25. The van der Waals surface area contributed by atoms with Crippen molar-refractivity contribution in [2.45, 2.75) is 52.4 Å². The van der Waals surface area contributed by atoms with E-state index in [1.54, 1.807) is 34.0 Å². The highest BCUT2D eigenvalue weighted by Crippen LogP contribution is 2.29. The average Bonchev–Trinajstić information content (AvgIpc) is 2.72. The Kier molecular flexibility index (Phi) is 7.15. The van der Waals surface area contributed by atoms with Gasteiger partial charge >= 0.3 is 6.03 Å². The number of likely N-dealkylation sites (N-methyl/N-ethyl adjacent to an activating group) is 1. The molecule has 0 saturated carbocycles. The topological polar surface area (TPSA) is 76.2 Å². The van der Waals surface area contributed by atoms with E-state index in [-0.39, 0.29) is 49.2 Å². The third kappa shape index (κ3) is 4.81. The van der Waals surface area contributed by atoms with Crippen molar-refractivity contribution in [3.63, 3.8) is 0 Å². The largest absolute Gasteiger partial charge is 0.337 e. The molecule has 2 aliphatic heterocycles. The van der Waals surface area contributed by atoms with Crippen molar-refractivity contribution < 1.29 is 18.8 Å². The van der Waals surface area contributed by atoms with Crippen LogP contribution in [0.15, 0.2) is 24.3 Å². The number of hydrogen-bond donors (Lipinski definition) is 1. The fraction of sp³-hybridized carbons (Fsp3) is 0.591. The zero-order valence-corrected chi connectivity index (χ0v) is 18.7. The average molecular weight is 434 g/mol. The van der Waals surface area contributed by atoms with Gasteiger partial charge in [-0.2, -0.15) is 0 Å². The Hall–Kier alpha value is -2.68. The lowest BCUT2D eigenvalue weighted by Crippen LogP contribution is -2.76. The van der Waals surface area contributed by atoms with Gasteiger partial charge < -0.3 is 15.1 Å². The normalized spacial score (nSPS) is 22.2. The molecule has 2 atom stereocenters. The van der Waals surface area contributed by atoms with Crippen LogP contribution in [0, 0.1) is 11.7 Å². The molecule has 4 amide bonds. The number of halogens is 1. The lowest BCUT2D eigenvalue weighted by molar-refractivity contribution is -0.189. The molecule has 1 aromatic rings. The number of nitrogens with one attached hydrogen (secondary N) is 1. The molecule has 31 heavy (non-hydrogen) atoms. The quantitative estimate of drug-likeness (QED) is 0.745. The maximum Gasteiger partial charge on any atom is 0.334 e. The standard InChI is InChI=1S/C22H32FN5O3/c1-5-6-11-26-13-18-27(20(15(2)3)21(26)30)19(29)14-25(4)28(18)22(31)24-12-16-7-9-17(23)10-8-16/h7-10,15,18,20H,5-6,11-14H2,1-4H3,(H,24,31)/t18-,20-/m0/s1. The number of hydrogen-bond acceptors (Lipinski definition) is 4. The molecule has 3 rings (SSSR count). The highest BCUT2D eigenvalue weighted by molar-refractivity contribution is 5.91. The van der Waals surface area contributed by atoms with Gasteiger partial charge in [0.15, 0.2) is 0 Å². The third-order valence-corrected chi connectivity index (χ3v) is 5.85. The van der Waals surface area contributed by atoms with Crippen LogP contribution in [0.5, 0.6) is 0 Å². The highest BCUT2D eigenvalue weighted by Gasteiger charge is 2.51. The van der Waals surface area contributed by atoms with Crippen LogP contribution in [0.4, 0.5) is 9.18 Å². The minimum atomic E-state index is -0.593. The van der Waals surface area contributed by atoms with Gasteiger partial charge in [-0.3, -0.25) is 9.59 Å². The van der Waals surface area contributed by atoms with Crippen molar-refractivity contribution in [1.29, 1.82) is 0 Å². The first kappa shape index (κ1) is 23.0. The number of carbonyl (C=O) groups excluding carboxylic acids is 3. The molecule has 2 aliphatic rings. The molecule has 1 aromatic carbocycles. The fourth-order valence-corrected chi connectivity index (χ4v) is 4.27. The third-order valence-electron chi connectivity index (χ3n) is 5.85. The van der Waals surface area contributed by atoms with Crippen molar-refractivity contribution in [3.8, 4) is 0 Å². The van der Waals surface area contributed by atoms with Gasteiger partial charge in [0.1, 0.15) is 18.0 Å². The summed E-state index contributed by atoms with van der Waals surface area (Å²) in [6.45, 7) is 7.05. The number of hydrazine groups is 1. The molecule has 2 fully saturated rings. The van der Waals surface area contributed by atoms with E-state index in [4.69, 9.17) is 0 Å². The Morgan fingerprint density at radius 1 is 1.23 bits per heavy atom. The molecule has 2 heterocycles. The smallest absolute Gasteiger partial charge is 0.334 e. The van der Waals surface area contributed by atoms with Crippen molar-refractivity contribution in [1.82, 2.24) is 25.1 Å².